The fraction of sp³-hybridized carbons (Fsp3) is 0.190. The molecule has 0 spiro atoms. The Morgan fingerprint density at radius 3 is 2.08 bits per heavy atom. The van der Waals surface area contributed by atoms with Gasteiger partial charge in [0, 0.05) is 31.0 Å². The van der Waals surface area contributed by atoms with E-state index in [4.69, 9.17) is 0 Å². The summed E-state index contributed by atoms with van der Waals surface area (Å²) in [6.07, 6.45) is 0. The van der Waals surface area contributed by atoms with Gasteiger partial charge in [-0.1, -0.05) is 36.4 Å². The zero-order valence-corrected chi connectivity index (χ0v) is 15.3. The molecule has 0 fully saturated rings. The molecule has 1 aromatic heterocycles. The van der Waals surface area contributed by atoms with Gasteiger partial charge in [0.25, 0.3) is 5.91 Å². The van der Waals surface area contributed by atoms with Crippen molar-refractivity contribution in [2.45, 2.75) is 13.8 Å². The summed E-state index contributed by atoms with van der Waals surface area (Å²) in [7, 11) is 1.75. The molecule has 132 valence electrons. The van der Waals surface area contributed by atoms with Gasteiger partial charge in [-0.15, -0.1) is 0 Å². The number of hydrogen-bond acceptors (Lipinski definition) is 4. The van der Waals surface area contributed by atoms with E-state index in [1.165, 1.54) is 0 Å². The molecular weight excluding hydrogens is 324 g/mol. The lowest BCUT2D eigenvalue weighted by molar-refractivity contribution is 0.0988. The second-order valence-corrected chi connectivity index (χ2v) is 5.94. The third-order valence-corrected chi connectivity index (χ3v) is 4.15. The van der Waals surface area contributed by atoms with Crippen LogP contribution in [0.4, 0.5) is 17.2 Å². The number of anilines is 3. The van der Waals surface area contributed by atoms with Gasteiger partial charge in [0.15, 0.2) is 0 Å². The number of para-hydroxylation sites is 2. The maximum absolute atomic E-state index is 12.9. The molecule has 2 aromatic carbocycles. The smallest absolute Gasteiger partial charge is 0.276 e. The standard InChI is InChI=1S/C21H22N4O/c1-4-25(18-13-9-6-10-14-18)20-15-19(22-16(2)23-20)21(26)24(3)17-11-7-5-8-12-17/h5-15H,4H2,1-3H3. The number of carbonyl (C=O) groups is 1. The molecule has 3 aromatic rings. The van der Waals surface area contributed by atoms with Crippen LogP contribution in [-0.4, -0.2) is 29.5 Å². The van der Waals surface area contributed by atoms with Gasteiger partial charge in [-0.2, -0.15) is 0 Å². The summed E-state index contributed by atoms with van der Waals surface area (Å²) in [5.74, 6) is 1.13. The summed E-state index contributed by atoms with van der Waals surface area (Å²) in [6, 6.07) is 21.3. The van der Waals surface area contributed by atoms with Crippen molar-refractivity contribution >= 4 is 23.1 Å². The molecule has 0 atom stereocenters. The lowest BCUT2D eigenvalue weighted by Crippen LogP contribution is -2.28. The maximum atomic E-state index is 12.9. The highest BCUT2D eigenvalue weighted by atomic mass is 16.2. The van der Waals surface area contributed by atoms with Gasteiger partial charge >= 0.3 is 0 Å². The summed E-state index contributed by atoms with van der Waals surface area (Å²) in [4.78, 5) is 25.5. The topological polar surface area (TPSA) is 49.3 Å². The van der Waals surface area contributed by atoms with Crippen LogP contribution in [-0.2, 0) is 0 Å². The molecule has 3 rings (SSSR count). The lowest BCUT2D eigenvalue weighted by Gasteiger charge is -2.23. The molecule has 1 heterocycles. The first-order chi connectivity index (χ1) is 12.6. The molecule has 26 heavy (non-hydrogen) atoms. The molecule has 0 unspecified atom stereocenters. The lowest BCUT2D eigenvalue weighted by atomic mass is 10.2. The van der Waals surface area contributed by atoms with Crippen molar-refractivity contribution in [2.24, 2.45) is 0 Å². The molecular formula is C21H22N4O. The molecule has 0 saturated heterocycles. The average molecular weight is 346 g/mol. The van der Waals surface area contributed by atoms with Crippen LogP contribution < -0.4 is 9.80 Å². The van der Waals surface area contributed by atoms with Crippen LogP contribution in [0.5, 0.6) is 0 Å². The van der Waals surface area contributed by atoms with E-state index >= 15 is 0 Å². The summed E-state index contributed by atoms with van der Waals surface area (Å²) in [5.41, 5.74) is 2.24. The van der Waals surface area contributed by atoms with E-state index in [0.717, 1.165) is 23.7 Å². The van der Waals surface area contributed by atoms with Gasteiger partial charge in [0.2, 0.25) is 0 Å². The first kappa shape index (κ1) is 17.6. The monoisotopic (exact) mass is 346 g/mol. The number of rotatable bonds is 5. The summed E-state index contributed by atoms with van der Waals surface area (Å²) < 4.78 is 0. The molecule has 0 saturated carbocycles. The van der Waals surface area contributed by atoms with Crippen LogP contribution >= 0.6 is 0 Å². The Morgan fingerprint density at radius 2 is 1.50 bits per heavy atom. The van der Waals surface area contributed by atoms with Gasteiger partial charge in [-0.3, -0.25) is 4.79 Å². The molecule has 0 bridgehead atoms. The summed E-state index contributed by atoms with van der Waals surface area (Å²) >= 11 is 0. The normalized spacial score (nSPS) is 10.4. The molecule has 5 nitrogen and oxygen atoms in total. The fourth-order valence-corrected chi connectivity index (χ4v) is 2.83. The van der Waals surface area contributed by atoms with Crippen LogP contribution in [0.3, 0.4) is 0 Å². The van der Waals surface area contributed by atoms with Gasteiger partial charge in [0.1, 0.15) is 17.3 Å². The van der Waals surface area contributed by atoms with E-state index in [-0.39, 0.29) is 5.91 Å². The predicted molar refractivity (Wildman–Crippen MR) is 105 cm³/mol. The van der Waals surface area contributed by atoms with Crippen LogP contribution in [0.1, 0.15) is 23.2 Å². The predicted octanol–water partition coefficient (Wildman–Crippen LogP) is 4.22. The van der Waals surface area contributed by atoms with Gasteiger partial charge in [-0.05, 0) is 38.1 Å². The number of benzene rings is 2. The Kier molecular flexibility index (Phi) is 5.27. The van der Waals surface area contributed by atoms with Crippen LogP contribution in [0.15, 0.2) is 66.7 Å². The zero-order valence-electron chi connectivity index (χ0n) is 15.3. The van der Waals surface area contributed by atoms with Crippen LogP contribution in [0.2, 0.25) is 0 Å². The Labute approximate surface area is 153 Å². The van der Waals surface area contributed by atoms with E-state index in [9.17, 15) is 4.79 Å². The second-order valence-electron chi connectivity index (χ2n) is 5.94. The number of aromatic nitrogens is 2. The Balaban J connectivity index is 1.96. The largest absolute Gasteiger partial charge is 0.327 e. The average Bonchev–Trinajstić information content (AvgIpc) is 2.68. The summed E-state index contributed by atoms with van der Waals surface area (Å²) in [5, 5.41) is 0. The minimum absolute atomic E-state index is 0.160. The van der Waals surface area contributed by atoms with Gasteiger partial charge in [-0.25, -0.2) is 9.97 Å². The molecule has 0 radical (unpaired) electrons. The highest BCUT2D eigenvalue weighted by molar-refractivity contribution is 6.04. The first-order valence-electron chi connectivity index (χ1n) is 8.61. The first-order valence-corrected chi connectivity index (χ1v) is 8.61. The van der Waals surface area contributed by atoms with Crippen molar-refractivity contribution in [1.82, 2.24) is 9.97 Å². The van der Waals surface area contributed by atoms with Crippen molar-refractivity contribution in [2.75, 3.05) is 23.4 Å². The number of hydrogen-bond donors (Lipinski definition) is 0. The third kappa shape index (κ3) is 3.72. The van der Waals surface area contributed by atoms with Crippen LogP contribution in [0.25, 0.3) is 0 Å². The van der Waals surface area contributed by atoms with E-state index in [2.05, 4.69) is 21.8 Å². The van der Waals surface area contributed by atoms with Crippen molar-refractivity contribution in [1.29, 1.82) is 0 Å². The van der Waals surface area contributed by atoms with E-state index in [0.29, 0.717) is 11.5 Å². The number of aryl methyl sites for hydroxylation is 1. The Morgan fingerprint density at radius 1 is 0.923 bits per heavy atom. The van der Waals surface area contributed by atoms with Crippen molar-refractivity contribution < 1.29 is 4.79 Å². The minimum Gasteiger partial charge on any atom is -0.327 e. The summed E-state index contributed by atoms with van der Waals surface area (Å²) in [6.45, 7) is 4.60. The van der Waals surface area contributed by atoms with Crippen molar-refractivity contribution in [3.63, 3.8) is 0 Å². The Bertz CT molecular complexity index is 881. The fourth-order valence-electron chi connectivity index (χ4n) is 2.83. The van der Waals surface area contributed by atoms with Crippen LogP contribution in [0, 0.1) is 6.92 Å². The SMILES string of the molecule is CCN(c1ccccc1)c1cc(C(=O)N(C)c2ccccc2)nc(C)n1. The molecule has 0 N–H and O–H groups in total. The minimum atomic E-state index is -0.160. The van der Waals surface area contributed by atoms with E-state index < -0.39 is 0 Å². The molecule has 0 aliphatic rings. The third-order valence-electron chi connectivity index (χ3n) is 4.15. The molecule has 0 aliphatic heterocycles. The van der Waals surface area contributed by atoms with E-state index in [1.54, 1.807) is 18.0 Å². The van der Waals surface area contributed by atoms with Gasteiger partial charge in [0.05, 0.1) is 0 Å². The Hall–Kier alpha value is -3.21. The van der Waals surface area contributed by atoms with Crippen molar-refractivity contribution in [3.8, 4) is 0 Å². The second kappa shape index (κ2) is 7.78. The molecule has 0 aliphatic carbocycles. The zero-order chi connectivity index (χ0) is 18.5. The number of carbonyl (C=O) groups excluding carboxylic acids is 1. The van der Waals surface area contributed by atoms with E-state index in [1.807, 2.05) is 67.6 Å². The highest BCUT2D eigenvalue weighted by Crippen LogP contribution is 2.24. The van der Waals surface area contributed by atoms with Crippen molar-refractivity contribution in [3.05, 3.63) is 78.2 Å². The molecule has 1 amide bonds. The number of amides is 1. The van der Waals surface area contributed by atoms with Gasteiger partial charge < -0.3 is 9.80 Å². The number of nitrogens with zero attached hydrogens (tertiary/aromatic N) is 4. The maximum Gasteiger partial charge on any atom is 0.276 e. The molecule has 5 heteroatoms. The quantitative estimate of drug-likeness (QED) is 0.694. The highest BCUT2D eigenvalue weighted by Gasteiger charge is 2.18.